The molecule has 128 valence electrons. The summed E-state index contributed by atoms with van der Waals surface area (Å²) in [6, 6.07) is 6.69. The number of nitrogens with one attached hydrogen (secondary N) is 3. The van der Waals surface area contributed by atoms with Crippen molar-refractivity contribution < 1.29 is 9.59 Å². The van der Waals surface area contributed by atoms with Crippen molar-refractivity contribution in [3.63, 3.8) is 0 Å². The van der Waals surface area contributed by atoms with E-state index in [2.05, 4.69) is 22.9 Å². The van der Waals surface area contributed by atoms with E-state index < -0.39 is 0 Å². The van der Waals surface area contributed by atoms with Gasteiger partial charge in [0.05, 0.1) is 0 Å². The van der Waals surface area contributed by atoms with Crippen LogP contribution in [0.5, 0.6) is 0 Å². The summed E-state index contributed by atoms with van der Waals surface area (Å²) in [5.41, 5.74) is 1.27. The molecule has 0 fully saturated rings. The largest absolute Gasteiger partial charge is 0.352 e. The summed E-state index contributed by atoms with van der Waals surface area (Å²) < 4.78 is 0. The van der Waals surface area contributed by atoms with Crippen LogP contribution in [0.2, 0.25) is 0 Å². The lowest BCUT2D eigenvalue weighted by molar-refractivity contribution is 0.0949. The molecule has 0 aliphatic rings. The highest BCUT2D eigenvalue weighted by atomic mass is 16.2. The average molecular weight is 319 g/mol. The van der Waals surface area contributed by atoms with E-state index in [1.165, 1.54) is 12.8 Å². The second kappa shape index (κ2) is 10.6. The molecule has 0 aliphatic carbocycles. The molecule has 0 spiro atoms. The van der Waals surface area contributed by atoms with Gasteiger partial charge in [-0.1, -0.05) is 40.0 Å². The van der Waals surface area contributed by atoms with Gasteiger partial charge < -0.3 is 16.0 Å². The predicted molar refractivity (Wildman–Crippen MR) is 94.8 cm³/mol. The number of carbonyl (C=O) groups excluding carboxylic acids is 2. The monoisotopic (exact) mass is 319 g/mol. The second-order valence-electron chi connectivity index (χ2n) is 6.12. The van der Waals surface area contributed by atoms with Crippen LogP contribution in [0.25, 0.3) is 0 Å². The number of unbranched alkanes of at least 4 members (excludes halogenated alkanes) is 3. The molecule has 1 aromatic rings. The van der Waals surface area contributed by atoms with E-state index in [-0.39, 0.29) is 11.9 Å². The van der Waals surface area contributed by atoms with Crippen molar-refractivity contribution in [1.29, 1.82) is 0 Å². The minimum Gasteiger partial charge on any atom is -0.352 e. The van der Waals surface area contributed by atoms with E-state index in [0.717, 1.165) is 12.8 Å². The normalized spacial score (nSPS) is 10.4. The maximum absolute atomic E-state index is 11.9. The first kappa shape index (κ1) is 19.0. The van der Waals surface area contributed by atoms with Crippen molar-refractivity contribution in [3.05, 3.63) is 29.8 Å². The number of amides is 3. The van der Waals surface area contributed by atoms with E-state index in [9.17, 15) is 9.59 Å². The van der Waals surface area contributed by atoms with Crippen LogP contribution in [-0.2, 0) is 0 Å². The fourth-order valence-corrected chi connectivity index (χ4v) is 2.03. The van der Waals surface area contributed by atoms with Gasteiger partial charge in [0.1, 0.15) is 0 Å². The first-order valence-electron chi connectivity index (χ1n) is 8.46. The maximum atomic E-state index is 11.9. The van der Waals surface area contributed by atoms with Crippen LogP contribution in [0.4, 0.5) is 10.5 Å². The number of benzene rings is 1. The van der Waals surface area contributed by atoms with E-state index in [1.807, 2.05) is 13.8 Å². The Bertz CT molecular complexity index is 484. The van der Waals surface area contributed by atoms with E-state index in [0.29, 0.717) is 30.3 Å². The van der Waals surface area contributed by atoms with Crippen molar-refractivity contribution in [1.82, 2.24) is 10.6 Å². The summed E-state index contributed by atoms with van der Waals surface area (Å²) >= 11 is 0. The third kappa shape index (κ3) is 8.24. The maximum Gasteiger partial charge on any atom is 0.319 e. The lowest BCUT2D eigenvalue weighted by atomic mass is 10.1. The molecule has 0 aromatic heterocycles. The Morgan fingerprint density at radius 3 is 2.30 bits per heavy atom. The summed E-state index contributed by atoms with van der Waals surface area (Å²) in [4.78, 5) is 23.6. The number of carbonyl (C=O) groups is 2. The molecule has 0 heterocycles. The zero-order valence-corrected chi connectivity index (χ0v) is 14.4. The molecule has 0 bridgehead atoms. The fraction of sp³-hybridized carbons (Fsp3) is 0.556. The van der Waals surface area contributed by atoms with Gasteiger partial charge >= 0.3 is 6.03 Å². The molecule has 0 atom stereocenters. The SMILES string of the molecule is CCCCCCNC(=O)Nc1ccc(C(=O)NCC(C)C)cc1. The average Bonchev–Trinajstić information content (AvgIpc) is 2.53. The molecule has 5 nitrogen and oxygen atoms in total. The molecule has 0 saturated heterocycles. The number of rotatable bonds is 9. The van der Waals surface area contributed by atoms with Crippen LogP contribution in [0.15, 0.2) is 24.3 Å². The second-order valence-corrected chi connectivity index (χ2v) is 6.12. The Kier molecular flexibility index (Phi) is 8.80. The van der Waals surface area contributed by atoms with Gasteiger partial charge in [-0.15, -0.1) is 0 Å². The summed E-state index contributed by atoms with van der Waals surface area (Å²) in [5, 5.41) is 8.46. The lowest BCUT2D eigenvalue weighted by Crippen LogP contribution is -2.29. The standard InChI is InChI=1S/C18H29N3O2/c1-4-5-6-7-12-19-18(23)21-16-10-8-15(9-11-16)17(22)20-13-14(2)3/h8-11,14H,4-7,12-13H2,1-3H3,(H,20,22)(H2,19,21,23). The van der Waals surface area contributed by atoms with Gasteiger partial charge in [-0.25, -0.2) is 4.79 Å². The third-order valence-electron chi connectivity index (χ3n) is 3.39. The molecular formula is C18H29N3O2. The van der Waals surface area contributed by atoms with Crippen molar-refractivity contribution in [2.24, 2.45) is 5.92 Å². The van der Waals surface area contributed by atoms with Crippen molar-refractivity contribution in [3.8, 4) is 0 Å². The molecule has 3 amide bonds. The molecule has 0 radical (unpaired) electrons. The highest BCUT2D eigenvalue weighted by Crippen LogP contribution is 2.09. The minimum absolute atomic E-state index is 0.0920. The first-order valence-corrected chi connectivity index (χ1v) is 8.46. The lowest BCUT2D eigenvalue weighted by Gasteiger charge is -2.09. The number of hydrogen-bond acceptors (Lipinski definition) is 2. The minimum atomic E-state index is -0.210. The van der Waals surface area contributed by atoms with Gasteiger partial charge in [0, 0.05) is 24.3 Å². The predicted octanol–water partition coefficient (Wildman–Crippen LogP) is 3.77. The highest BCUT2D eigenvalue weighted by Gasteiger charge is 2.06. The van der Waals surface area contributed by atoms with Gasteiger partial charge in [0.25, 0.3) is 5.91 Å². The Labute approximate surface area is 139 Å². The van der Waals surface area contributed by atoms with Gasteiger partial charge in [0.15, 0.2) is 0 Å². The van der Waals surface area contributed by atoms with E-state index in [4.69, 9.17) is 0 Å². The highest BCUT2D eigenvalue weighted by molar-refractivity contribution is 5.95. The van der Waals surface area contributed by atoms with Crippen LogP contribution in [0.1, 0.15) is 56.8 Å². The van der Waals surface area contributed by atoms with Gasteiger partial charge in [-0.2, -0.15) is 0 Å². The molecule has 0 unspecified atom stereocenters. The Morgan fingerprint density at radius 2 is 1.70 bits per heavy atom. The van der Waals surface area contributed by atoms with Crippen LogP contribution >= 0.6 is 0 Å². The molecular weight excluding hydrogens is 290 g/mol. The van der Waals surface area contributed by atoms with Crippen LogP contribution < -0.4 is 16.0 Å². The molecule has 23 heavy (non-hydrogen) atoms. The molecule has 1 rings (SSSR count). The Hall–Kier alpha value is -2.04. The van der Waals surface area contributed by atoms with Crippen molar-refractivity contribution >= 4 is 17.6 Å². The third-order valence-corrected chi connectivity index (χ3v) is 3.39. The van der Waals surface area contributed by atoms with Gasteiger partial charge in [-0.05, 0) is 36.6 Å². The summed E-state index contributed by atoms with van der Waals surface area (Å²) in [6.07, 6.45) is 4.51. The van der Waals surface area contributed by atoms with Crippen molar-refractivity contribution in [2.75, 3.05) is 18.4 Å². The molecule has 5 heteroatoms. The first-order chi connectivity index (χ1) is 11.0. The molecule has 3 N–H and O–H groups in total. The number of urea groups is 1. The summed E-state index contributed by atoms with van der Waals surface area (Å²) in [5.74, 6) is 0.325. The molecule has 0 aliphatic heterocycles. The fourth-order valence-electron chi connectivity index (χ4n) is 2.03. The van der Waals surface area contributed by atoms with Crippen molar-refractivity contribution in [2.45, 2.75) is 46.5 Å². The van der Waals surface area contributed by atoms with E-state index >= 15 is 0 Å². The topological polar surface area (TPSA) is 70.2 Å². The van der Waals surface area contributed by atoms with Crippen LogP contribution in [0, 0.1) is 5.92 Å². The summed E-state index contributed by atoms with van der Waals surface area (Å²) in [7, 11) is 0. The Balaban J connectivity index is 2.35. The number of anilines is 1. The summed E-state index contributed by atoms with van der Waals surface area (Å²) in [6.45, 7) is 7.59. The molecule has 1 aromatic carbocycles. The van der Waals surface area contributed by atoms with Gasteiger partial charge in [0.2, 0.25) is 0 Å². The molecule has 0 saturated carbocycles. The smallest absolute Gasteiger partial charge is 0.319 e. The zero-order chi connectivity index (χ0) is 17.1. The van der Waals surface area contributed by atoms with Crippen LogP contribution in [0.3, 0.4) is 0 Å². The number of hydrogen-bond donors (Lipinski definition) is 3. The van der Waals surface area contributed by atoms with E-state index in [1.54, 1.807) is 24.3 Å². The zero-order valence-electron chi connectivity index (χ0n) is 14.4. The van der Waals surface area contributed by atoms with Gasteiger partial charge in [-0.3, -0.25) is 4.79 Å². The quantitative estimate of drug-likeness (QED) is 0.606. The van der Waals surface area contributed by atoms with Crippen LogP contribution in [-0.4, -0.2) is 25.0 Å². The Morgan fingerprint density at radius 1 is 1.00 bits per heavy atom.